The van der Waals surface area contributed by atoms with Crippen molar-refractivity contribution in [3.63, 3.8) is 0 Å². The van der Waals surface area contributed by atoms with Gasteiger partial charge in [0.1, 0.15) is 6.61 Å². The van der Waals surface area contributed by atoms with Crippen molar-refractivity contribution in [1.82, 2.24) is 0 Å². The first-order valence-electron chi connectivity index (χ1n) is 25.8. The van der Waals surface area contributed by atoms with Gasteiger partial charge in [-0.3, -0.25) is 9.59 Å². The van der Waals surface area contributed by atoms with Crippen LogP contribution in [0.5, 0.6) is 0 Å². The first kappa shape index (κ1) is 57.6. The number of ether oxygens (including phenoxy) is 3. The van der Waals surface area contributed by atoms with Crippen LogP contribution in [0.25, 0.3) is 0 Å². The van der Waals surface area contributed by atoms with Gasteiger partial charge in [0.2, 0.25) is 0 Å². The lowest BCUT2D eigenvalue weighted by Crippen LogP contribution is -2.30. The van der Waals surface area contributed by atoms with Gasteiger partial charge in [0.05, 0.1) is 6.61 Å². The Hall–Kier alpha value is -2.40. The summed E-state index contributed by atoms with van der Waals surface area (Å²) < 4.78 is 17.3. The van der Waals surface area contributed by atoms with Crippen molar-refractivity contribution in [2.75, 3.05) is 19.8 Å². The number of esters is 2. The van der Waals surface area contributed by atoms with Gasteiger partial charge >= 0.3 is 11.9 Å². The molecule has 0 bridgehead atoms. The predicted molar refractivity (Wildman–Crippen MR) is 261 cm³/mol. The Morgan fingerprint density at radius 1 is 0.383 bits per heavy atom. The smallest absolute Gasteiger partial charge is 0.306 e. The molecule has 0 radical (unpaired) electrons. The second-order valence-electron chi connectivity index (χ2n) is 17.1. The zero-order chi connectivity index (χ0) is 43.5. The number of carbonyl (C=O) groups excluding carboxylic acids is 2. The molecular weight excluding hydrogens is 741 g/mol. The van der Waals surface area contributed by atoms with Crippen molar-refractivity contribution in [3.8, 4) is 0 Å². The third-order valence-electron chi connectivity index (χ3n) is 11.1. The number of hydrogen-bond acceptors (Lipinski definition) is 5. The lowest BCUT2D eigenvalue weighted by atomic mass is 10.0. The first-order chi connectivity index (χ1) is 29.6. The third kappa shape index (κ3) is 48.3. The summed E-state index contributed by atoms with van der Waals surface area (Å²) in [7, 11) is 0. The molecular formula is C55H98O5. The van der Waals surface area contributed by atoms with E-state index in [1.807, 2.05) is 0 Å². The molecule has 5 nitrogen and oxygen atoms in total. The molecule has 1 unspecified atom stereocenters. The summed E-state index contributed by atoms with van der Waals surface area (Å²) in [6.07, 6.45) is 63.9. The standard InChI is InChI=1S/C55H98O5/c1-4-7-10-13-16-19-21-23-25-27-28-30-31-33-35-37-39-42-45-48-54(56)59-52-53(51-58-50-47-44-41-18-15-12-9-6-3)60-55(57)49-46-43-40-38-36-34-32-29-26-24-22-20-17-14-11-8-5-2/h8,11,17,20,24,26,32,34,38,40,53H,4-7,9-10,12-16,18-19,21-23,25,27-31,33,35-37,39,41-52H2,1-3H3/b11-8-,20-17-,26-24-,34-32-,40-38-. The maximum Gasteiger partial charge on any atom is 0.306 e. The summed E-state index contributed by atoms with van der Waals surface area (Å²) in [5.41, 5.74) is 0. The van der Waals surface area contributed by atoms with E-state index in [9.17, 15) is 9.59 Å². The average molecular weight is 839 g/mol. The molecule has 60 heavy (non-hydrogen) atoms. The Bertz CT molecular complexity index is 1040. The molecule has 0 aliphatic rings. The number of allylic oxidation sites excluding steroid dienone is 10. The topological polar surface area (TPSA) is 61.8 Å². The molecule has 348 valence electrons. The maximum atomic E-state index is 12.7. The van der Waals surface area contributed by atoms with Crippen LogP contribution in [0.2, 0.25) is 0 Å². The highest BCUT2D eigenvalue weighted by Crippen LogP contribution is 2.16. The first-order valence-corrected chi connectivity index (χ1v) is 25.8. The lowest BCUT2D eigenvalue weighted by Gasteiger charge is -2.18. The highest BCUT2D eigenvalue weighted by atomic mass is 16.6. The Kier molecular flexibility index (Phi) is 48.9. The fourth-order valence-corrected chi connectivity index (χ4v) is 7.25. The SMILES string of the molecule is CC/C=C\C/C=C\C/C=C\C/C=C\C/C=C\CCCC(=O)OC(COCCCCCCCCCC)COC(=O)CCCCCCCCCCCCCCCCCCCCC. The van der Waals surface area contributed by atoms with E-state index >= 15 is 0 Å². The van der Waals surface area contributed by atoms with E-state index in [-0.39, 0.29) is 25.2 Å². The highest BCUT2D eigenvalue weighted by Gasteiger charge is 2.17. The minimum atomic E-state index is -0.561. The van der Waals surface area contributed by atoms with Gasteiger partial charge in [-0.05, 0) is 57.8 Å². The van der Waals surface area contributed by atoms with E-state index in [1.54, 1.807) is 0 Å². The molecule has 0 spiro atoms. The van der Waals surface area contributed by atoms with Gasteiger partial charge in [-0.2, -0.15) is 0 Å². The van der Waals surface area contributed by atoms with Gasteiger partial charge in [-0.25, -0.2) is 0 Å². The zero-order valence-electron chi connectivity index (χ0n) is 40.0. The molecule has 0 saturated heterocycles. The number of carbonyl (C=O) groups is 2. The molecule has 0 aromatic carbocycles. The van der Waals surface area contributed by atoms with Gasteiger partial charge in [0.15, 0.2) is 6.10 Å². The van der Waals surface area contributed by atoms with E-state index in [2.05, 4.69) is 81.5 Å². The van der Waals surface area contributed by atoms with Gasteiger partial charge in [-0.1, -0.05) is 242 Å². The predicted octanol–water partition coefficient (Wildman–Crippen LogP) is 17.3. The van der Waals surface area contributed by atoms with Crippen LogP contribution in [-0.4, -0.2) is 37.9 Å². The van der Waals surface area contributed by atoms with E-state index in [1.165, 1.54) is 148 Å². The fourth-order valence-electron chi connectivity index (χ4n) is 7.25. The molecule has 0 heterocycles. The average Bonchev–Trinajstić information content (AvgIpc) is 3.25. The Morgan fingerprint density at radius 2 is 0.750 bits per heavy atom. The Labute approximate surface area is 373 Å². The second-order valence-corrected chi connectivity index (χ2v) is 17.1. The van der Waals surface area contributed by atoms with Gasteiger partial charge in [0.25, 0.3) is 0 Å². The zero-order valence-corrected chi connectivity index (χ0v) is 40.0. The summed E-state index contributed by atoms with van der Waals surface area (Å²) in [6.45, 7) is 7.67. The van der Waals surface area contributed by atoms with Crippen molar-refractivity contribution in [1.29, 1.82) is 0 Å². The number of unbranched alkanes of at least 4 members (excludes halogenated alkanes) is 26. The Balaban J connectivity index is 4.20. The van der Waals surface area contributed by atoms with Crippen molar-refractivity contribution in [3.05, 3.63) is 60.8 Å². The molecule has 1 atom stereocenters. The monoisotopic (exact) mass is 839 g/mol. The summed E-state index contributed by atoms with van der Waals surface area (Å²) in [4.78, 5) is 25.3. The van der Waals surface area contributed by atoms with Gasteiger partial charge in [-0.15, -0.1) is 0 Å². The van der Waals surface area contributed by atoms with Gasteiger partial charge in [0, 0.05) is 19.4 Å². The van der Waals surface area contributed by atoms with Crippen molar-refractivity contribution in [2.45, 2.75) is 258 Å². The van der Waals surface area contributed by atoms with Crippen LogP contribution in [0.1, 0.15) is 252 Å². The Morgan fingerprint density at radius 3 is 1.18 bits per heavy atom. The molecule has 0 rings (SSSR count). The molecule has 0 aromatic heterocycles. The van der Waals surface area contributed by atoms with E-state index < -0.39 is 6.10 Å². The van der Waals surface area contributed by atoms with Crippen LogP contribution in [0, 0.1) is 0 Å². The molecule has 0 saturated carbocycles. The van der Waals surface area contributed by atoms with Crippen LogP contribution >= 0.6 is 0 Å². The highest BCUT2D eigenvalue weighted by molar-refractivity contribution is 5.70. The second kappa shape index (κ2) is 51.0. The van der Waals surface area contributed by atoms with Gasteiger partial charge < -0.3 is 14.2 Å². The third-order valence-corrected chi connectivity index (χ3v) is 11.1. The van der Waals surface area contributed by atoms with E-state index in [0.717, 1.165) is 70.6 Å². The summed E-state index contributed by atoms with van der Waals surface area (Å²) >= 11 is 0. The minimum Gasteiger partial charge on any atom is -0.462 e. The van der Waals surface area contributed by atoms with Crippen molar-refractivity contribution < 1.29 is 23.8 Å². The summed E-state index contributed by atoms with van der Waals surface area (Å²) in [5.74, 6) is -0.456. The van der Waals surface area contributed by atoms with E-state index in [0.29, 0.717) is 19.4 Å². The fraction of sp³-hybridized carbons (Fsp3) is 0.782. The van der Waals surface area contributed by atoms with Crippen LogP contribution < -0.4 is 0 Å². The van der Waals surface area contributed by atoms with Crippen LogP contribution in [0.3, 0.4) is 0 Å². The molecule has 5 heteroatoms. The lowest BCUT2D eigenvalue weighted by molar-refractivity contribution is -0.162. The molecule has 0 N–H and O–H groups in total. The molecule has 0 amide bonds. The summed E-state index contributed by atoms with van der Waals surface area (Å²) in [6, 6.07) is 0. The molecule has 0 aromatic rings. The van der Waals surface area contributed by atoms with Crippen LogP contribution in [-0.2, 0) is 23.8 Å². The quantitative estimate of drug-likeness (QED) is 0.0347. The van der Waals surface area contributed by atoms with Crippen molar-refractivity contribution >= 4 is 11.9 Å². The van der Waals surface area contributed by atoms with Crippen LogP contribution in [0.15, 0.2) is 60.8 Å². The maximum absolute atomic E-state index is 12.7. The molecule has 0 aliphatic heterocycles. The number of hydrogen-bond donors (Lipinski definition) is 0. The van der Waals surface area contributed by atoms with Crippen molar-refractivity contribution in [2.24, 2.45) is 0 Å². The van der Waals surface area contributed by atoms with Crippen LogP contribution in [0.4, 0.5) is 0 Å². The number of rotatable bonds is 47. The molecule has 0 aliphatic carbocycles. The normalized spacial score (nSPS) is 12.7. The largest absolute Gasteiger partial charge is 0.462 e. The summed E-state index contributed by atoms with van der Waals surface area (Å²) in [5, 5.41) is 0. The minimum absolute atomic E-state index is 0.0654. The molecule has 0 fully saturated rings. The van der Waals surface area contributed by atoms with E-state index in [4.69, 9.17) is 14.2 Å².